The first-order valence-electron chi connectivity index (χ1n) is 8.96. The van der Waals surface area contributed by atoms with E-state index in [0.29, 0.717) is 11.3 Å². The largest absolute Gasteiger partial charge is 0.410 e. The molecule has 0 unspecified atom stereocenters. The Labute approximate surface area is 148 Å². The number of benzene rings is 1. The molecule has 1 aromatic heterocycles. The molecule has 136 valence electrons. The van der Waals surface area contributed by atoms with Gasteiger partial charge in [-0.2, -0.15) is 0 Å². The van der Waals surface area contributed by atoms with Gasteiger partial charge in [0.1, 0.15) is 5.52 Å². The minimum Gasteiger partial charge on any atom is -0.408 e. The van der Waals surface area contributed by atoms with E-state index < -0.39 is 6.09 Å². The highest BCUT2D eigenvalue weighted by Crippen LogP contribution is 2.32. The van der Waals surface area contributed by atoms with Crippen LogP contribution in [0, 0.1) is 0 Å². The number of ether oxygens (including phenoxy) is 1. The van der Waals surface area contributed by atoms with Crippen LogP contribution in [0.3, 0.4) is 0 Å². The maximum atomic E-state index is 11.2. The minimum absolute atomic E-state index is 0.248. The zero-order chi connectivity index (χ0) is 18.0. The molecular formula is C18H27N5O2. The van der Waals surface area contributed by atoms with Crippen LogP contribution >= 0.6 is 0 Å². The summed E-state index contributed by atoms with van der Waals surface area (Å²) in [6.07, 6.45) is 0.361. The first-order chi connectivity index (χ1) is 12.0. The average Bonchev–Trinajstić information content (AvgIpc) is 2.96. The molecular weight excluding hydrogens is 318 g/mol. The smallest absolute Gasteiger partial charge is 0.408 e. The third kappa shape index (κ3) is 3.56. The molecule has 1 saturated heterocycles. The van der Waals surface area contributed by atoms with Crippen LogP contribution in [0.5, 0.6) is 5.75 Å². The zero-order valence-electron chi connectivity index (χ0n) is 15.2. The molecule has 0 saturated carbocycles. The molecule has 0 spiro atoms. The summed E-state index contributed by atoms with van der Waals surface area (Å²) in [6, 6.07) is 5.85. The van der Waals surface area contributed by atoms with E-state index in [4.69, 9.17) is 15.5 Å². The van der Waals surface area contributed by atoms with Crippen LogP contribution in [0.25, 0.3) is 11.0 Å². The first kappa shape index (κ1) is 17.5. The Balaban J connectivity index is 1.97. The Hall–Kier alpha value is -2.28. The maximum absolute atomic E-state index is 11.2. The molecule has 1 fully saturated rings. The average molecular weight is 345 g/mol. The van der Waals surface area contributed by atoms with Crippen molar-refractivity contribution in [2.75, 3.05) is 37.6 Å². The van der Waals surface area contributed by atoms with Gasteiger partial charge in [-0.05, 0) is 38.9 Å². The number of hydrogen-bond acceptors (Lipinski definition) is 5. The van der Waals surface area contributed by atoms with E-state index in [1.807, 2.05) is 12.1 Å². The molecule has 7 nitrogen and oxygen atoms in total. The third-order valence-corrected chi connectivity index (χ3v) is 4.59. The highest BCUT2D eigenvalue weighted by Gasteiger charge is 2.24. The molecule has 1 aliphatic rings. The number of piperazine rings is 1. The second-order valence-corrected chi connectivity index (χ2v) is 6.75. The molecule has 1 amide bonds. The van der Waals surface area contributed by atoms with Crippen LogP contribution < -0.4 is 15.4 Å². The number of fused-ring (bicyclic) bond motifs is 1. The van der Waals surface area contributed by atoms with Gasteiger partial charge >= 0.3 is 6.09 Å². The molecule has 0 atom stereocenters. The van der Waals surface area contributed by atoms with Crippen LogP contribution in [0.2, 0.25) is 0 Å². The Morgan fingerprint density at radius 1 is 1.28 bits per heavy atom. The molecule has 1 aromatic carbocycles. The van der Waals surface area contributed by atoms with E-state index >= 15 is 0 Å². The first-order valence-corrected chi connectivity index (χ1v) is 8.96. The molecule has 2 aromatic rings. The maximum Gasteiger partial charge on any atom is 0.410 e. The lowest BCUT2D eigenvalue weighted by atomic mass is 10.2. The SMILES string of the molecule is CCCN1CCN(c2nc3c(OC(N)=O)cccc3n2C(C)C)CC1. The number of amides is 1. The predicted molar refractivity (Wildman–Crippen MR) is 99.3 cm³/mol. The van der Waals surface area contributed by atoms with Crippen LogP contribution in [0.1, 0.15) is 33.2 Å². The fourth-order valence-corrected chi connectivity index (χ4v) is 3.49. The van der Waals surface area contributed by atoms with Crippen molar-refractivity contribution in [3.05, 3.63) is 18.2 Å². The molecule has 0 aliphatic carbocycles. The van der Waals surface area contributed by atoms with Crippen molar-refractivity contribution < 1.29 is 9.53 Å². The zero-order valence-corrected chi connectivity index (χ0v) is 15.2. The Bertz CT molecular complexity index is 747. The topological polar surface area (TPSA) is 76.6 Å². The molecule has 7 heteroatoms. The van der Waals surface area contributed by atoms with Crippen LogP contribution in [0.4, 0.5) is 10.7 Å². The minimum atomic E-state index is -0.818. The normalized spacial score (nSPS) is 15.9. The van der Waals surface area contributed by atoms with Crippen LogP contribution in [-0.2, 0) is 0 Å². The number of primary amides is 1. The number of para-hydroxylation sites is 1. The van der Waals surface area contributed by atoms with Crippen molar-refractivity contribution in [3.8, 4) is 5.75 Å². The summed E-state index contributed by atoms with van der Waals surface area (Å²) < 4.78 is 7.36. The second kappa shape index (κ2) is 7.31. The molecule has 2 heterocycles. The summed E-state index contributed by atoms with van der Waals surface area (Å²) in [5, 5.41) is 0. The van der Waals surface area contributed by atoms with Gasteiger partial charge < -0.3 is 19.9 Å². The van der Waals surface area contributed by atoms with Gasteiger partial charge in [-0.25, -0.2) is 9.78 Å². The summed E-state index contributed by atoms with van der Waals surface area (Å²) >= 11 is 0. The van der Waals surface area contributed by atoms with Gasteiger partial charge in [0.15, 0.2) is 5.75 Å². The lowest BCUT2D eigenvalue weighted by molar-refractivity contribution is 0.211. The van der Waals surface area contributed by atoms with Gasteiger partial charge in [0.05, 0.1) is 5.52 Å². The highest BCUT2D eigenvalue weighted by molar-refractivity contribution is 5.87. The number of imidazole rings is 1. The third-order valence-electron chi connectivity index (χ3n) is 4.59. The van der Waals surface area contributed by atoms with Crippen molar-refractivity contribution in [2.45, 2.75) is 33.2 Å². The summed E-state index contributed by atoms with van der Waals surface area (Å²) in [5.74, 6) is 1.34. The van der Waals surface area contributed by atoms with E-state index in [-0.39, 0.29) is 6.04 Å². The van der Waals surface area contributed by atoms with Gasteiger partial charge in [-0.15, -0.1) is 0 Å². The molecule has 0 bridgehead atoms. The number of carbonyl (C=O) groups excluding carboxylic acids is 1. The monoisotopic (exact) mass is 345 g/mol. The Morgan fingerprint density at radius 3 is 2.60 bits per heavy atom. The number of anilines is 1. The van der Waals surface area contributed by atoms with Gasteiger partial charge in [0, 0.05) is 32.2 Å². The van der Waals surface area contributed by atoms with Crippen molar-refractivity contribution in [2.24, 2.45) is 5.73 Å². The molecule has 0 radical (unpaired) electrons. The molecule has 3 rings (SSSR count). The Kier molecular flexibility index (Phi) is 5.13. The van der Waals surface area contributed by atoms with Crippen molar-refractivity contribution in [3.63, 3.8) is 0 Å². The van der Waals surface area contributed by atoms with Gasteiger partial charge in [0.25, 0.3) is 0 Å². The number of hydrogen-bond donors (Lipinski definition) is 1. The molecule has 2 N–H and O–H groups in total. The van der Waals surface area contributed by atoms with Crippen molar-refractivity contribution in [1.82, 2.24) is 14.5 Å². The quantitative estimate of drug-likeness (QED) is 0.901. The second-order valence-electron chi connectivity index (χ2n) is 6.75. The van der Waals surface area contributed by atoms with E-state index in [2.05, 4.69) is 35.1 Å². The summed E-state index contributed by atoms with van der Waals surface area (Å²) in [5.41, 5.74) is 6.83. The highest BCUT2D eigenvalue weighted by atomic mass is 16.5. The number of aromatic nitrogens is 2. The van der Waals surface area contributed by atoms with Gasteiger partial charge in [-0.1, -0.05) is 13.0 Å². The van der Waals surface area contributed by atoms with E-state index in [1.54, 1.807) is 6.07 Å². The van der Waals surface area contributed by atoms with E-state index in [0.717, 1.165) is 44.2 Å². The standard InChI is InChI=1S/C18H27N5O2/c1-4-8-21-9-11-22(12-10-21)18-20-16-14(23(18)13(2)3)6-5-7-15(16)25-17(19)24/h5-7,13H,4,8-12H2,1-3H3,(H2,19,24). The fourth-order valence-electron chi connectivity index (χ4n) is 3.49. The Morgan fingerprint density at radius 2 is 2.00 bits per heavy atom. The summed E-state index contributed by atoms with van der Waals surface area (Å²) in [4.78, 5) is 20.8. The molecule has 25 heavy (non-hydrogen) atoms. The fraction of sp³-hybridized carbons (Fsp3) is 0.556. The van der Waals surface area contributed by atoms with Crippen LogP contribution in [0.15, 0.2) is 18.2 Å². The number of nitrogens with zero attached hydrogens (tertiary/aromatic N) is 4. The van der Waals surface area contributed by atoms with Gasteiger partial charge in [-0.3, -0.25) is 4.90 Å². The number of carbonyl (C=O) groups is 1. The summed E-state index contributed by atoms with van der Waals surface area (Å²) in [6.45, 7) is 11.6. The predicted octanol–water partition coefficient (Wildman–Crippen LogP) is 2.61. The van der Waals surface area contributed by atoms with Crippen LogP contribution in [-0.4, -0.2) is 53.3 Å². The lowest BCUT2D eigenvalue weighted by Crippen LogP contribution is -2.47. The van der Waals surface area contributed by atoms with E-state index in [9.17, 15) is 4.79 Å². The number of rotatable bonds is 5. The van der Waals surface area contributed by atoms with Gasteiger partial charge in [0.2, 0.25) is 5.95 Å². The molecule has 1 aliphatic heterocycles. The number of nitrogens with two attached hydrogens (primary N) is 1. The van der Waals surface area contributed by atoms with Crippen molar-refractivity contribution in [1.29, 1.82) is 0 Å². The summed E-state index contributed by atoms with van der Waals surface area (Å²) in [7, 11) is 0. The van der Waals surface area contributed by atoms with E-state index in [1.165, 1.54) is 6.42 Å². The lowest BCUT2D eigenvalue weighted by Gasteiger charge is -2.35. The van der Waals surface area contributed by atoms with Crippen molar-refractivity contribution >= 4 is 23.1 Å².